The number of allylic oxidation sites excluding steroid dienone is 1. The minimum absolute atomic E-state index is 0. The molecule has 3 aromatic carbocycles. The smallest absolute Gasteiger partial charge is 0.270 e. The maximum absolute atomic E-state index is 11.4. The van der Waals surface area contributed by atoms with Gasteiger partial charge in [0, 0.05) is 52.1 Å². The van der Waals surface area contributed by atoms with Gasteiger partial charge in [0.1, 0.15) is 0 Å². The molecule has 4 rings (SSSR count). The van der Waals surface area contributed by atoms with Crippen molar-refractivity contribution in [2.75, 3.05) is 25.0 Å². The summed E-state index contributed by atoms with van der Waals surface area (Å²) in [6.07, 6.45) is 3.91. The van der Waals surface area contributed by atoms with Gasteiger partial charge in [-0.15, -0.1) is 36.6 Å². The molecule has 34 heavy (non-hydrogen) atoms. The Morgan fingerprint density at radius 1 is 1.09 bits per heavy atom. The van der Waals surface area contributed by atoms with Crippen LogP contribution in [0.25, 0.3) is 6.08 Å². The number of hydrogen-bond acceptors (Lipinski definition) is 5. The molecular weight excluding hydrogens is 557 g/mol. The Kier molecular flexibility index (Phi) is 10.6. The number of likely N-dealkylation sites (N-methyl/N-ethyl adjacent to an activating group) is 1. The number of nitrogens with zero attached hydrogens (tertiary/aromatic N) is 3. The molecule has 0 N–H and O–H groups in total. The van der Waals surface area contributed by atoms with Gasteiger partial charge in [-0.25, -0.2) is 0 Å². The molecule has 0 saturated heterocycles. The summed E-state index contributed by atoms with van der Waals surface area (Å²) in [5, 5.41) is 11.4. The third-order valence-electron chi connectivity index (χ3n) is 5.23. The van der Waals surface area contributed by atoms with E-state index < -0.39 is 0 Å². The van der Waals surface area contributed by atoms with E-state index in [1.807, 2.05) is 42.5 Å². The molecule has 1 aliphatic rings. The molecule has 178 valence electrons. The van der Waals surface area contributed by atoms with Crippen LogP contribution in [-0.2, 0) is 5.75 Å². The Bertz CT molecular complexity index is 1210. The number of fused-ring (bicyclic) bond motifs is 1. The van der Waals surface area contributed by atoms with Crippen LogP contribution in [0.4, 0.5) is 11.4 Å². The van der Waals surface area contributed by atoms with Crippen molar-refractivity contribution in [1.82, 2.24) is 0 Å². The van der Waals surface area contributed by atoms with Crippen LogP contribution >= 0.6 is 52.5 Å². The number of anilines is 1. The van der Waals surface area contributed by atoms with E-state index in [0.29, 0.717) is 6.54 Å². The van der Waals surface area contributed by atoms with Crippen LogP contribution in [0.15, 0.2) is 87.2 Å². The number of benzodiazepines with no additional fused rings is 1. The number of benzene rings is 3. The van der Waals surface area contributed by atoms with E-state index in [1.165, 1.54) is 5.56 Å². The fourth-order valence-corrected chi connectivity index (χ4v) is 4.84. The summed E-state index contributed by atoms with van der Waals surface area (Å²) < 4.78 is 1.02. The highest BCUT2D eigenvalue weighted by Gasteiger charge is 2.16. The van der Waals surface area contributed by atoms with Gasteiger partial charge in [0.15, 0.2) is 0 Å². The Labute approximate surface area is 224 Å². The second-order valence-electron chi connectivity index (χ2n) is 7.44. The number of aliphatic imine (C=N–C) groups is 1. The molecule has 0 radical (unpaired) electrons. The van der Waals surface area contributed by atoms with Gasteiger partial charge in [0.25, 0.3) is 5.69 Å². The van der Waals surface area contributed by atoms with Crippen molar-refractivity contribution in [2.45, 2.75) is 10.6 Å². The van der Waals surface area contributed by atoms with Crippen molar-refractivity contribution in [3.8, 4) is 0 Å². The number of hydrogen-bond donors (Lipinski definition) is 0. The topological polar surface area (TPSA) is 58.7 Å². The zero-order valence-corrected chi connectivity index (χ0v) is 22.4. The van der Waals surface area contributed by atoms with Crippen molar-refractivity contribution < 1.29 is 4.92 Å². The predicted octanol–water partition coefficient (Wildman–Crippen LogP) is 7.45. The number of non-ortho nitro benzene ring substituents is 1. The molecule has 0 fully saturated rings. The van der Waals surface area contributed by atoms with Gasteiger partial charge >= 0.3 is 0 Å². The van der Waals surface area contributed by atoms with Crippen molar-refractivity contribution in [1.29, 1.82) is 0 Å². The molecule has 0 aromatic heterocycles. The Balaban J connectivity index is 0.00000204. The van der Waals surface area contributed by atoms with Crippen LogP contribution in [0.5, 0.6) is 0 Å². The average molecular weight is 581 g/mol. The fraction of sp³-hybridized carbons (Fsp3) is 0.160. The Hall–Kier alpha value is -2.32. The number of nitro groups is 1. The molecule has 0 bridgehead atoms. The molecule has 0 atom stereocenters. The van der Waals surface area contributed by atoms with Crippen LogP contribution in [0.1, 0.15) is 16.7 Å². The molecule has 0 saturated carbocycles. The lowest BCUT2D eigenvalue weighted by Crippen LogP contribution is -2.20. The summed E-state index contributed by atoms with van der Waals surface area (Å²) in [6.45, 7) is 1.52. The predicted molar refractivity (Wildman–Crippen MR) is 151 cm³/mol. The molecule has 0 spiro atoms. The second kappa shape index (κ2) is 13.0. The van der Waals surface area contributed by atoms with Crippen LogP contribution in [0, 0.1) is 10.1 Å². The normalized spacial score (nSPS) is 12.8. The highest BCUT2D eigenvalue weighted by Crippen LogP contribution is 2.31. The first-order valence-corrected chi connectivity index (χ1v) is 12.0. The van der Waals surface area contributed by atoms with E-state index in [2.05, 4.69) is 52.1 Å². The standard InChI is InChI=1S/C25H22BrN3O2S.2ClH/c1-28-14-13-27-23(22-10-8-20(26)16-24(22)28)11-7-19-15-21(29(30)31)9-12-25(19)32-17-18-5-3-2-4-6-18;;/h2-12,15-16H,13-14,17H2,1H3;2*1H/b11-7+;;. The van der Waals surface area contributed by atoms with Crippen LogP contribution in [0.3, 0.4) is 0 Å². The second-order valence-corrected chi connectivity index (χ2v) is 9.37. The highest BCUT2D eigenvalue weighted by atomic mass is 79.9. The first-order valence-electron chi connectivity index (χ1n) is 10.2. The van der Waals surface area contributed by atoms with Gasteiger partial charge < -0.3 is 4.90 Å². The van der Waals surface area contributed by atoms with Crippen molar-refractivity contribution in [2.24, 2.45) is 4.99 Å². The average Bonchev–Trinajstić information content (AvgIpc) is 2.95. The van der Waals surface area contributed by atoms with E-state index in [0.717, 1.165) is 44.2 Å². The molecule has 5 nitrogen and oxygen atoms in total. The summed E-state index contributed by atoms with van der Waals surface area (Å²) in [6, 6.07) is 21.4. The van der Waals surface area contributed by atoms with E-state index in [9.17, 15) is 10.1 Å². The van der Waals surface area contributed by atoms with E-state index in [-0.39, 0.29) is 35.4 Å². The lowest BCUT2D eigenvalue weighted by molar-refractivity contribution is -0.384. The van der Waals surface area contributed by atoms with Gasteiger partial charge in [-0.3, -0.25) is 15.1 Å². The molecule has 3 aromatic rings. The Morgan fingerprint density at radius 3 is 2.59 bits per heavy atom. The number of rotatable bonds is 6. The van der Waals surface area contributed by atoms with Crippen LogP contribution in [0.2, 0.25) is 0 Å². The summed E-state index contributed by atoms with van der Waals surface area (Å²) in [5.41, 5.74) is 5.15. The first kappa shape index (κ1) is 27.9. The largest absolute Gasteiger partial charge is 0.372 e. The summed E-state index contributed by atoms with van der Waals surface area (Å²) in [7, 11) is 2.06. The molecule has 0 aliphatic carbocycles. The lowest BCUT2D eigenvalue weighted by Gasteiger charge is -2.19. The monoisotopic (exact) mass is 579 g/mol. The lowest BCUT2D eigenvalue weighted by atomic mass is 10.1. The molecule has 1 heterocycles. The fourth-order valence-electron chi connectivity index (χ4n) is 3.52. The third kappa shape index (κ3) is 6.85. The maximum Gasteiger partial charge on any atom is 0.270 e. The van der Waals surface area contributed by atoms with E-state index in [4.69, 9.17) is 4.99 Å². The molecule has 0 unspecified atom stereocenters. The number of halogens is 3. The molecular formula is C25H24BrCl2N3O2S. The highest BCUT2D eigenvalue weighted by molar-refractivity contribution is 9.10. The molecule has 1 aliphatic heterocycles. The molecule has 0 amide bonds. The first-order chi connectivity index (χ1) is 15.5. The van der Waals surface area contributed by atoms with Crippen LogP contribution in [-0.4, -0.2) is 30.8 Å². The van der Waals surface area contributed by atoms with Gasteiger partial charge in [-0.1, -0.05) is 52.3 Å². The quantitative estimate of drug-likeness (QED) is 0.173. The summed E-state index contributed by atoms with van der Waals surface area (Å²) in [4.78, 5) is 19.0. The van der Waals surface area contributed by atoms with Gasteiger partial charge in [0.2, 0.25) is 0 Å². The minimum Gasteiger partial charge on any atom is -0.372 e. The maximum atomic E-state index is 11.4. The van der Waals surface area contributed by atoms with Crippen molar-refractivity contribution >= 4 is 75.7 Å². The van der Waals surface area contributed by atoms with Gasteiger partial charge in [-0.2, -0.15) is 0 Å². The third-order valence-corrected chi connectivity index (χ3v) is 6.88. The van der Waals surface area contributed by atoms with Gasteiger partial charge in [-0.05, 0) is 41.5 Å². The zero-order valence-electron chi connectivity index (χ0n) is 18.4. The zero-order chi connectivity index (χ0) is 22.5. The molecule has 9 heteroatoms. The van der Waals surface area contributed by atoms with Crippen molar-refractivity contribution in [3.05, 3.63) is 104 Å². The Morgan fingerprint density at radius 2 is 1.85 bits per heavy atom. The van der Waals surface area contributed by atoms with E-state index >= 15 is 0 Å². The number of thioether (sulfide) groups is 1. The SMILES string of the molecule is CN1CCN=C(/C=C/c2cc([N+](=O)[O-])ccc2SCc2ccccc2)c2ccc(Br)cc21.Cl.Cl. The number of nitro benzene ring substituents is 1. The summed E-state index contributed by atoms with van der Waals surface area (Å²) in [5.74, 6) is 0.794. The van der Waals surface area contributed by atoms with Gasteiger partial charge in [0.05, 0.1) is 17.2 Å². The van der Waals surface area contributed by atoms with Crippen molar-refractivity contribution in [3.63, 3.8) is 0 Å². The van der Waals surface area contributed by atoms with E-state index in [1.54, 1.807) is 23.9 Å². The minimum atomic E-state index is -0.353. The summed E-state index contributed by atoms with van der Waals surface area (Å²) >= 11 is 5.23. The van der Waals surface area contributed by atoms with Crippen LogP contribution < -0.4 is 4.90 Å².